The second-order valence-corrected chi connectivity index (χ2v) is 3.37. The van der Waals surface area contributed by atoms with Crippen LogP contribution < -0.4 is 10.6 Å². The van der Waals surface area contributed by atoms with E-state index in [-0.39, 0.29) is 12.5 Å². The van der Waals surface area contributed by atoms with Gasteiger partial charge in [-0.3, -0.25) is 15.1 Å². The van der Waals surface area contributed by atoms with Crippen LogP contribution in [-0.2, 0) is 4.79 Å². The zero-order valence-corrected chi connectivity index (χ0v) is 7.90. The molecule has 1 aliphatic heterocycles. The molecule has 5 heteroatoms. The third-order valence-corrected chi connectivity index (χ3v) is 2.06. The van der Waals surface area contributed by atoms with E-state index in [1.54, 1.807) is 18.2 Å². The summed E-state index contributed by atoms with van der Waals surface area (Å²) in [5.41, 5.74) is 0. The van der Waals surface area contributed by atoms with Crippen molar-refractivity contribution in [2.24, 2.45) is 4.99 Å². The van der Waals surface area contributed by atoms with Gasteiger partial charge in [-0.05, 0) is 18.2 Å². The Bertz CT molecular complexity index is 498. The van der Waals surface area contributed by atoms with Crippen molar-refractivity contribution < 1.29 is 10.0 Å². The first-order valence-electron chi connectivity index (χ1n) is 4.00. The summed E-state index contributed by atoms with van der Waals surface area (Å²) in [5, 5.41) is 11.7. The van der Waals surface area contributed by atoms with Gasteiger partial charge in [0.05, 0.1) is 5.36 Å². The van der Waals surface area contributed by atoms with Crippen LogP contribution in [0.1, 0.15) is 0 Å². The fourth-order valence-electron chi connectivity index (χ4n) is 1.25. The van der Waals surface area contributed by atoms with Crippen molar-refractivity contribution in [3.05, 3.63) is 33.8 Å². The van der Waals surface area contributed by atoms with Crippen molar-refractivity contribution >= 4 is 23.7 Å². The number of carbonyl (C=O) groups is 1. The summed E-state index contributed by atoms with van der Waals surface area (Å²) in [4.78, 5) is 14.9. The first kappa shape index (κ1) is 9.18. The van der Waals surface area contributed by atoms with Gasteiger partial charge in [0.1, 0.15) is 6.54 Å². The summed E-state index contributed by atoms with van der Waals surface area (Å²) >= 11 is 5.77. The monoisotopic (exact) mass is 210 g/mol. The normalized spacial score (nSPS) is 15.3. The van der Waals surface area contributed by atoms with Crippen LogP contribution in [0.2, 0.25) is 5.02 Å². The van der Waals surface area contributed by atoms with Gasteiger partial charge in [-0.2, -0.15) is 0 Å². The number of hydrogen-bond donors (Lipinski definition) is 1. The van der Waals surface area contributed by atoms with Gasteiger partial charge in [-0.15, -0.1) is 0 Å². The molecule has 4 nitrogen and oxygen atoms in total. The van der Waals surface area contributed by atoms with Gasteiger partial charge in [-0.25, -0.2) is 4.99 Å². The standard InChI is InChI=1S/C9H7ClN2O2/c10-7-1-2-8-6(3-7)4-12(14)5-9(13)11-8/h1-4,14H,5H2. The number of hydroxylamine groups is 2. The number of amides is 1. The van der Waals surface area contributed by atoms with Crippen molar-refractivity contribution in [1.82, 2.24) is 5.06 Å². The van der Waals surface area contributed by atoms with Crippen molar-refractivity contribution in [3.8, 4) is 0 Å². The Kier molecular flexibility index (Phi) is 2.23. The predicted octanol–water partition coefficient (Wildman–Crippen LogP) is -0.0710. The quantitative estimate of drug-likeness (QED) is 0.652. The fourth-order valence-corrected chi connectivity index (χ4v) is 1.43. The smallest absolute Gasteiger partial charge is 0.268 e. The highest BCUT2D eigenvalue weighted by Crippen LogP contribution is 2.00. The molecule has 1 heterocycles. The molecule has 0 aromatic heterocycles. The summed E-state index contributed by atoms with van der Waals surface area (Å²) < 4.78 is 0. The van der Waals surface area contributed by atoms with Gasteiger partial charge in [0.15, 0.2) is 0 Å². The van der Waals surface area contributed by atoms with Crippen molar-refractivity contribution in [3.63, 3.8) is 0 Å². The van der Waals surface area contributed by atoms with Crippen LogP contribution in [0.5, 0.6) is 0 Å². The van der Waals surface area contributed by atoms with Crippen LogP contribution in [0.4, 0.5) is 0 Å². The van der Waals surface area contributed by atoms with E-state index in [4.69, 9.17) is 11.6 Å². The molecule has 0 radical (unpaired) electrons. The summed E-state index contributed by atoms with van der Waals surface area (Å²) in [6.07, 6.45) is 1.43. The maximum Gasteiger partial charge on any atom is 0.268 e. The molecule has 0 fully saturated rings. The predicted molar refractivity (Wildman–Crippen MR) is 50.2 cm³/mol. The maximum absolute atomic E-state index is 11.1. The number of hydrogen-bond acceptors (Lipinski definition) is 3. The average molecular weight is 211 g/mol. The zero-order valence-electron chi connectivity index (χ0n) is 7.14. The highest BCUT2D eigenvalue weighted by atomic mass is 35.5. The molecular weight excluding hydrogens is 204 g/mol. The van der Waals surface area contributed by atoms with Crippen LogP contribution >= 0.6 is 11.6 Å². The van der Waals surface area contributed by atoms with Gasteiger partial charge >= 0.3 is 0 Å². The number of benzene rings is 1. The second-order valence-electron chi connectivity index (χ2n) is 2.94. The number of carbonyl (C=O) groups excluding carboxylic acids is 1. The second kappa shape index (κ2) is 3.40. The lowest BCUT2D eigenvalue weighted by atomic mass is 10.3. The van der Waals surface area contributed by atoms with Gasteiger partial charge in [0.25, 0.3) is 5.91 Å². The summed E-state index contributed by atoms with van der Waals surface area (Å²) in [5.74, 6) is -0.384. The minimum Gasteiger partial charge on any atom is -0.288 e. The molecule has 1 aromatic carbocycles. The lowest BCUT2D eigenvalue weighted by Gasteiger charge is -2.05. The highest BCUT2D eigenvalue weighted by Gasteiger charge is 2.07. The molecule has 0 unspecified atom stereocenters. The van der Waals surface area contributed by atoms with E-state index >= 15 is 0 Å². The van der Waals surface area contributed by atoms with E-state index in [2.05, 4.69) is 4.99 Å². The largest absolute Gasteiger partial charge is 0.288 e. The molecule has 0 spiro atoms. The minimum absolute atomic E-state index is 0.133. The van der Waals surface area contributed by atoms with E-state index in [1.807, 2.05) is 0 Å². The van der Waals surface area contributed by atoms with Crippen LogP contribution in [0.25, 0.3) is 6.20 Å². The van der Waals surface area contributed by atoms with Crippen LogP contribution in [0, 0.1) is 0 Å². The van der Waals surface area contributed by atoms with Gasteiger partial charge in [-0.1, -0.05) is 11.6 Å². The summed E-state index contributed by atoms with van der Waals surface area (Å²) in [6.45, 7) is -0.133. The lowest BCUT2D eigenvalue weighted by Crippen LogP contribution is -2.25. The van der Waals surface area contributed by atoms with E-state index in [0.29, 0.717) is 15.6 Å². The van der Waals surface area contributed by atoms with Gasteiger partial charge < -0.3 is 0 Å². The molecule has 1 aliphatic rings. The number of nitrogens with zero attached hydrogens (tertiary/aromatic N) is 2. The molecule has 1 N–H and O–H groups in total. The fraction of sp³-hybridized carbons (Fsp3) is 0.111. The third-order valence-electron chi connectivity index (χ3n) is 1.82. The Balaban J connectivity index is 2.75. The topological polar surface area (TPSA) is 52.9 Å². The molecule has 0 saturated carbocycles. The Morgan fingerprint density at radius 1 is 1.50 bits per heavy atom. The molecule has 0 bridgehead atoms. The minimum atomic E-state index is -0.384. The van der Waals surface area contributed by atoms with Crippen molar-refractivity contribution in [1.29, 1.82) is 0 Å². The Morgan fingerprint density at radius 3 is 3.07 bits per heavy atom. The molecule has 1 aromatic rings. The number of rotatable bonds is 0. The number of fused-ring (bicyclic) bond motifs is 1. The first-order valence-corrected chi connectivity index (χ1v) is 4.37. The number of halogens is 1. The van der Waals surface area contributed by atoms with E-state index in [9.17, 15) is 10.0 Å². The van der Waals surface area contributed by atoms with Crippen LogP contribution in [0.3, 0.4) is 0 Å². The molecule has 0 atom stereocenters. The van der Waals surface area contributed by atoms with Crippen molar-refractivity contribution in [2.75, 3.05) is 6.54 Å². The first-order chi connectivity index (χ1) is 6.65. The lowest BCUT2D eigenvalue weighted by molar-refractivity contribution is -0.124. The Morgan fingerprint density at radius 2 is 2.29 bits per heavy atom. The third kappa shape index (κ3) is 1.76. The maximum atomic E-state index is 11.1. The molecule has 14 heavy (non-hydrogen) atoms. The molecule has 0 aliphatic carbocycles. The Hall–Kier alpha value is -1.39. The van der Waals surface area contributed by atoms with Crippen LogP contribution in [0.15, 0.2) is 23.2 Å². The van der Waals surface area contributed by atoms with Gasteiger partial charge in [0.2, 0.25) is 0 Å². The summed E-state index contributed by atoms with van der Waals surface area (Å²) in [7, 11) is 0. The highest BCUT2D eigenvalue weighted by molar-refractivity contribution is 6.30. The van der Waals surface area contributed by atoms with E-state index < -0.39 is 0 Å². The average Bonchev–Trinajstić information content (AvgIpc) is 2.21. The molecule has 72 valence electrons. The van der Waals surface area contributed by atoms with Crippen molar-refractivity contribution in [2.45, 2.75) is 0 Å². The summed E-state index contributed by atoms with van der Waals surface area (Å²) in [6, 6.07) is 4.94. The molecule has 0 saturated heterocycles. The molecule has 1 amide bonds. The molecular formula is C9H7ClN2O2. The van der Waals surface area contributed by atoms with E-state index in [0.717, 1.165) is 5.06 Å². The van der Waals surface area contributed by atoms with Gasteiger partial charge in [0, 0.05) is 16.4 Å². The van der Waals surface area contributed by atoms with Crippen LogP contribution in [-0.4, -0.2) is 22.7 Å². The van der Waals surface area contributed by atoms with E-state index in [1.165, 1.54) is 6.20 Å². The Labute approximate surface area is 84.7 Å². The zero-order chi connectivity index (χ0) is 10.1. The SMILES string of the molecule is O=C1CN(O)C=c2cc(Cl)ccc2=N1. The molecule has 2 rings (SSSR count).